The van der Waals surface area contributed by atoms with Crippen molar-refractivity contribution in [2.24, 2.45) is 0 Å². The van der Waals surface area contributed by atoms with E-state index < -0.39 is 23.2 Å². The molecule has 0 fully saturated rings. The van der Waals surface area contributed by atoms with Gasteiger partial charge in [-0.2, -0.15) is 0 Å². The number of hydrogen-bond donors (Lipinski definition) is 0. The molecular formula is C20H16F2O4S. The summed E-state index contributed by atoms with van der Waals surface area (Å²) in [6.07, 6.45) is 0.0993. The van der Waals surface area contributed by atoms with Gasteiger partial charge in [0.05, 0.1) is 6.42 Å². The maximum absolute atomic E-state index is 13.1. The standard InChI is InChI=1S/C20H16F2O4S/c1-12-2-4-15-13(9-20(24)26-18(15)8-12)11-25-19(23)6-7-27-14-3-5-16(21)17(22)10-14/h2-5,8-10H,6-7,11H2,1H3. The van der Waals surface area contributed by atoms with Gasteiger partial charge >= 0.3 is 11.6 Å². The van der Waals surface area contributed by atoms with E-state index >= 15 is 0 Å². The highest BCUT2D eigenvalue weighted by molar-refractivity contribution is 7.99. The normalized spacial score (nSPS) is 10.9. The molecule has 0 N–H and O–H groups in total. The van der Waals surface area contributed by atoms with Crippen molar-refractivity contribution in [1.82, 2.24) is 0 Å². The van der Waals surface area contributed by atoms with E-state index in [1.807, 2.05) is 19.1 Å². The number of carbonyl (C=O) groups excluding carboxylic acids is 1. The molecule has 0 amide bonds. The number of thioether (sulfide) groups is 1. The van der Waals surface area contributed by atoms with E-state index in [1.165, 1.54) is 23.9 Å². The summed E-state index contributed by atoms with van der Waals surface area (Å²) in [4.78, 5) is 24.1. The van der Waals surface area contributed by atoms with Crippen molar-refractivity contribution in [2.45, 2.75) is 24.8 Å². The molecule has 0 spiro atoms. The molecule has 1 heterocycles. The van der Waals surface area contributed by atoms with Crippen LogP contribution in [0.1, 0.15) is 17.5 Å². The Kier molecular flexibility index (Phi) is 5.91. The number of halogens is 2. The molecule has 140 valence electrons. The number of ether oxygens (including phenoxy) is 1. The number of esters is 1. The van der Waals surface area contributed by atoms with Crippen molar-refractivity contribution < 1.29 is 22.7 Å². The molecule has 0 saturated heterocycles. The Bertz CT molecular complexity index is 1050. The third kappa shape index (κ3) is 4.95. The lowest BCUT2D eigenvalue weighted by Crippen LogP contribution is -2.08. The molecule has 0 atom stereocenters. The second-order valence-electron chi connectivity index (χ2n) is 5.93. The minimum absolute atomic E-state index is 0.0418. The summed E-state index contributed by atoms with van der Waals surface area (Å²) in [5, 5.41) is 0.712. The first-order valence-electron chi connectivity index (χ1n) is 8.19. The fourth-order valence-corrected chi connectivity index (χ4v) is 3.36. The van der Waals surface area contributed by atoms with Crippen molar-refractivity contribution in [1.29, 1.82) is 0 Å². The lowest BCUT2D eigenvalue weighted by molar-refractivity contribution is -0.144. The molecule has 2 aromatic carbocycles. The Hall–Kier alpha value is -2.67. The topological polar surface area (TPSA) is 56.5 Å². The molecule has 0 bridgehead atoms. The van der Waals surface area contributed by atoms with Crippen LogP contribution in [0.25, 0.3) is 11.0 Å². The fraction of sp³-hybridized carbons (Fsp3) is 0.200. The van der Waals surface area contributed by atoms with Gasteiger partial charge in [0.1, 0.15) is 12.2 Å². The van der Waals surface area contributed by atoms with Crippen LogP contribution in [0.2, 0.25) is 0 Å². The third-order valence-electron chi connectivity index (χ3n) is 3.84. The van der Waals surface area contributed by atoms with Gasteiger partial charge in [0, 0.05) is 27.7 Å². The summed E-state index contributed by atoms with van der Waals surface area (Å²) in [6, 6.07) is 10.3. The zero-order valence-electron chi connectivity index (χ0n) is 14.5. The van der Waals surface area contributed by atoms with Crippen LogP contribution in [-0.2, 0) is 16.1 Å². The van der Waals surface area contributed by atoms with Crippen molar-refractivity contribution in [3.63, 3.8) is 0 Å². The first-order valence-corrected chi connectivity index (χ1v) is 9.18. The van der Waals surface area contributed by atoms with Gasteiger partial charge in [0.2, 0.25) is 0 Å². The van der Waals surface area contributed by atoms with Crippen LogP contribution in [0.5, 0.6) is 0 Å². The van der Waals surface area contributed by atoms with Gasteiger partial charge in [0.25, 0.3) is 0 Å². The smallest absolute Gasteiger partial charge is 0.336 e. The molecule has 7 heteroatoms. The highest BCUT2D eigenvalue weighted by atomic mass is 32.2. The van der Waals surface area contributed by atoms with E-state index in [4.69, 9.17) is 9.15 Å². The summed E-state index contributed by atoms with van der Waals surface area (Å²) in [5.41, 5.74) is 1.47. The minimum atomic E-state index is -0.924. The molecule has 0 unspecified atom stereocenters. The Balaban J connectivity index is 1.57. The number of rotatable bonds is 6. The molecule has 0 aliphatic rings. The molecule has 27 heavy (non-hydrogen) atoms. The molecular weight excluding hydrogens is 374 g/mol. The summed E-state index contributed by atoms with van der Waals surface area (Å²) in [5.74, 6) is -1.92. The summed E-state index contributed by atoms with van der Waals surface area (Å²) in [7, 11) is 0. The lowest BCUT2D eigenvalue weighted by atomic mass is 10.1. The second-order valence-corrected chi connectivity index (χ2v) is 7.09. The SMILES string of the molecule is Cc1ccc2c(COC(=O)CCSc3ccc(F)c(F)c3)cc(=O)oc2c1. The summed E-state index contributed by atoms with van der Waals surface area (Å²) < 4.78 is 36.4. The van der Waals surface area contributed by atoms with Crippen LogP contribution in [-0.4, -0.2) is 11.7 Å². The van der Waals surface area contributed by atoms with Gasteiger partial charge in [0.15, 0.2) is 11.6 Å². The van der Waals surface area contributed by atoms with E-state index in [2.05, 4.69) is 0 Å². The van der Waals surface area contributed by atoms with Gasteiger partial charge in [-0.05, 0) is 36.8 Å². The van der Waals surface area contributed by atoms with Crippen LogP contribution in [0, 0.1) is 18.6 Å². The van der Waals surface area contributed by atoms with Gasteiger partial charge in [-0.1, -0.05) is 12.1 Å². The van der Waals surface area contributed by atoms with Crippen LogP contribution < -0.4 is 5.63 Å². The minimum Gasteiger partial charge on any atom is -0.461 e. The van der Waals surface area contributed by atoms with Gasteiger partial charge in [-0.15, -0.1) is 11.8 Å². The van der Waals surface area contributed by atoms with E-state index in [0.717, 1.165) is 17.7 Å². The first kappa shape index (κ1) is 19.1. The monoisotopic (exact) mass is 390 g/mol. The molecule has 3 aromatic rings. The summed E-state index contributed by atoms with van der Waals surface area (Å²) >= 11 is 1.23. The van der Waals surface area contributed by atoms with Crippen LogP contribution in [0.4, 0.5) is 8.78 Å². The highest BCUT2D eigenvalue weighted by Gasteiger charge is 2.10. The van der Waals surface area contributed by atoms with Crippen molar-refractivity contribution >= 4 is 28.7 Å². The van der Waals surface area contributed by atoms with Gasteiger partial charge in [-0.3, -0.25) is 4.79 Å². The zero-order chi connectivity index (χ0) is 19.4. The van der Waals surface area contributed by atoms with E-state index in [-0.39, 0.29) is 13.0 Å². The average Bonchev–Trinajstić information content (AvgIpc) is 2.62. The Morgan fingerprint density at radius 1 is 1.11 bits per heavy atom. The first-order chi connectivity index (χ1) is 12.9. The van der Waals surface area contributed by atoms with Crippen molar-refractivity contribution in [2.75, 3.05) is 5.75 Å². The lowest BCUT2D eigenvalue weighted by Gasteiger charge is -2.08. The molecule has 0 aliphatic carbocycles. The van der Waals surface area contributed by atoms with E-state index in [1.54, 1.807) is 6.07 Å². The molecule has 0 aliphatic heterocycles. The van der Waals surface area contributed by atoms with Crippen molar-refractivity contribution in [3.05, 3.63) is 75.6 Å². The van der Waals surface area contributed by atoms with Gasteiger partial charge < -0.3 is 9.15 Å². The number of hydrogen-bond acceptors (Lipinski definition) is 5. The quantitative estimate of drug-likeness (QED) is 0.350. The largest absolute Gasteiger partial charge is 0.461 e. The number of fused-ring (bicyclic) bond motifs is 1. The third-order valence-corrected chi connectivity index (χ3v) is 4.84. The zero-order valence-corrected chi connectivity index (χ0v) is 15.3. The maximum atomic E-state index is 13.1. The molecule has 4 nitrogen and oxygen atoms in total. The molecule has 0 saturated carbocycles. The molecule has 1 aromatic heterocycles. The van der Waals surface area contributed by atoms with E-state index in [0.29, 0.717) is 27.2 Å². The van der Waals surface area contributed by atoms with Crippen LogP contribution >= 0.6 is 11.8 Å². The summed E-state index contributed by atoms with van der Waals surface area (Å²) in [6.45, 7) is 1.84. The second kappa shape index (κ2) is 8.35. The maximum Gasteiger partial charge on any atom is 0.336 e. The van der Waals surface area contributed by atoms with Crippen LogP contribution in [0.15, 0.2) is 56.6 Å². The molecule has 3 rings (SSSR count). The Morgan fingerprint density at radius 3 is 2.70 bits per heavy atom. The van der Waals surface area contributed by atoms with E-state index in [9.17, 15) is 18.4 Å². The number of benzene rings is 2. The Morgan fingerprint density at radius 2 is 1.93 bits per heavy atom. The molecule has 0 radical (unpaired) electrons. The van der Waals surface area contributed by atoms with Gasteiger partial charge in [-0.25, -0.2) is 13.6 Å². The predicted octanol–water partition coefficient (Wildman–Crippen LogP) is 4.61. The fourth-order valence-electron chi connectivity index (χ4n) is 2.51. The van der Waals surface area contributed by atoms with Crippen molar-refractivity contribution in [3.8, 4) is 0 Å². The average molecular weight is 390 g/mol. The number of carbonyl (C=O) groups is 1. The predicted molar refractivity (Wildman–Crippen MR) is 98.7 cm³/mol. The van der Waals surface area contributed by atoms with Crippen LogP contribution in [0.3, 0.4) is 0 Å². The number of aryl methyl sites for hydroxylation is 1. The highest BCUT2D eigenvalue weighted by Crippen LogP contribution is 2.22. The Labute approximate surface area is 158 Å².